The summed E-state index contributed by atoms with van der Waals surface area (Å²) < 4.78 is 27.3. The minimum atomic E-state index is -0.685. The molecule has 0 amide bonds. The van der Waals surface area contributed by atoms with Crippen molar-refractivity contribution in [3.8, 4) is 0 Å². The van der Waals surface area contributed by atoms with Crippen LogP contribution in [0.2, 0.25) is 0 Å². The van der Waals surface area contributed by atoms with Crippen LogP contribution in [0.15, 0.2) is 12.1 Å². The van der Waals surface area contributed by atoms with Gasteiger partial charge in [0.15, 0.2) is 11.6 Å². The van der Waals surface area contributed by atoms with Gasteiger partial charge in [-0.3, -0.25) is 0 Å². The lowest BCUT2D eigenvalue weighted by atomic mass is 9.76. The molecular formula is C19H26F2. The molecule has 0 N–H and O–H groups in total. The molecule has 0 aliphatic heterocycles. The number of halogens is 2. The molecule has 0 saturated heterocycles. The van der Waals surface area contributed by atoms with Crippen molar-refractivity contribution in [1.82, 2.24) is 0 Å². The highest BCUT2D eigenvalue weighted by molar-refractivity contribution is 5.32. The Hall–Kier alpha value is -0.920. The number of fused-ring (bicyclic) bond motifs is 1. The van der Waals surface area contributed by atoms with E-state index in [0.717, 1.165) is 36.7 Å². The first-order chi connectivity index (χ1) is 10.1. The van der Waals surface area contributed by atoms with Crippen LogP contribution in [0.5, 0.6) is 0 Å². The fourth-order valence-corrected chi connectivity index (χ4v) is 4.17. The first-order valence-corrected chi connectivity index (χ1v) is 8.59. The summed E-state index contributed by atoms with van der Waals surface area (Å²) in [5.41, 5.74) is 1.68. The SMILES string of the molecule is CC1CCC(CCC2CCc3ccc(F)c(F)c3C2)CC1. The standard InChI is InChI=1S/C19H26F2/c1-13-2-4-14(5-3-13)6-7-15-8-9-16-10-11-18(20)19(21)17(16)12-15/h10-11,13-15H,2-9,12H2,1H3. The highest BCUT2D eigenvalue weighted by Crippen LogP contribution is 2.35. The number of hydrogen-bond donors (Lipinski definition) is 0. The summed E-state index contributed by atoms with van der Waals surface area (Å²) in [6.07, 6.45) is 10.7. The van der Waals surface area contributed by atoms with Gasteiger partial charge in [-0.1, -0.05) is 45.1 Å². The van der Waals surface area contributed by atoms with Gasteiger partial charge in [-0.25, -0.2) is 8.78 Å². The Morgan fingerprint density at radius 2 is 1.67 bits per heavy atom. The largest absolute Gasteiger partial charge is 0.204 e. The van der Waals surface area contributed by atoms with E-state index < -0.39 is 11.6 Å². The number of aryl methyl sites for hydroxylation is 1. The van der Waals surface area contributed by atoms with E-state index in [1.165, 1.54) is 44.6 Å². The molecule has 3 rings (SSSR count). The van der Waals surface area contributed by atoms with Crippen molar-refractivity contribution in [3.05, 3.63) is 34.9 Å². The highest BCUT2D eigenvalue weighted by Gasteiger charge is 2.25. The van der Waals surface area contributed by atoms with Crippen molar-refractivity contribution >= 4 is 0 Å². The van der Waals surface area contributed by atoms with E-state index in [0.29, 0.717) is 11.5 Å². The van der Waals surface area contributed by atoms with Crippen LogP contribution in [0.1, 0.15) is 63.0 Å². The zero-order valence-electron chi connectivity index (χ0n) is 13.0. The van der Waals surface area contributed by atoms with Crippen LogP contribution in [0, 0.1) is 29.4 Å². The van der Waals surface area contributed by atoms with Crippen molar-refractivity contribution in [3.63, 3.8) is 0 Å². The maximum atomic E-state index is 13.9. The van der Waals surface area contributed by atoms with E-state index in [9.17, 15) is 8.78 Å². The van der Waals surface area contributed by atoms with Gasteiger partial charge in [-0.05, 0) is 60.6 Å². The van der Waals surface area contributed by atoms with Crippen LogP contribution < -0.4 is 0 Å². The molecule has 116 valence electrons. The average Bonchev–Trinajstić information content (AvgIpc) is 2.51. The van der Waals surface area contributed by atoms with Gasteiger partial charge in [0, 0.05) is 0 Å². The Bertz CT molecular complexity index is 487. The second-order valence-electron chi connectivity index (χ2n) is 7.31. The van der Waals surface area contributed by atoms with Crippen LogP contribution in [0.4, 0.5) is 8.78 Å². The maximum absolute atomic E-state index is 13.9. The molecule has 0 bridgehead atoms. The lowest BCUT2D eigenvalue weighted by Crippen LogP contribution is -2.19. The molecule has 1 fully saturated rings. The van der Waals surface area contributed by atoms with E-state index in [2.05, 4.69) is 6.92 Å². The van der Waals surface area contributed by atoms with Gasteiger partial charge in [0.2, 0.25) is 0 Å². The molecule has 0 radical (unpaired) electrons. The smallest absolute Gasteiger partial charge is 0.162 e. The molecule has 1 atom stereocenters. The number of hydrogen-bond acceptors (Lipinski definition) is 0. The highest BCUT2D eigenvalue weighted by atomic mass is 19.2. The van der Waals surface area contributed by atoms with E-state index in [1.54, 1.807) is 6.07 Å². The van der Waals surface area contributed by atoms with Crippen molar-refractivity contribution in [2.45, 2.75) is 64.7 Å². The van der Waals surface area contributed by atoms with Gasteiger partial charge >= 0.3 is 0 Å². The molecule has 21 heavy (non-hydrogen) atoms. The van der Waals surface area contributed by atoms with Crippen LogP contribution in [0.25, 0.3) is 0 Å². The van der Waals surface area contributed by atoms with Gasteiger partial charge in [-0.2, -0.15) is 0 Å². The van der Waals surface area contributed by atoms with Crippen molar-refractivity contribution in [2.75, 3.05) is 0 Å². The van der Waals surface area contributed by atoms with Crippen molar-refractivity contribution < 1.29 is 8.78 Å². The molecule has 1 saturated carbocycles. The van der Waals surface area contributed by atoms with Crippen LogP contribution in [0.3, 0.4) is 0 Å². The summed E-state index contributed by atoms with van der Waals surface area (Å²) in [6.45, 7) is 2.35. The second kappa shape index (κ2) is 6.46. The molecule has 1 unspecified atom stereocenters. The quantitative estimate of drug-likeness (QED) is 0.672. The summed E-state index contributed by atoms with van der Waals surface area (Å²) in [4.78, 5) is 0. The monoisotopic (exact) mass is 292 g/mol. The third-order valence-electron chi connectivity index (χ3n) is 5.73. The van der Waals surface area contributed by atoms with Crippen LogP contribution >= 0.6 is 0 Å². The van der Waals surface area contributed by atoms with Gasteiger partial charge in [0.25, 0.3) is 0 Å². The molecule has 1 aromatic rings. The van der Waals surface area contributed by atoms with Crippen molar-refractivity contribution in [1.29, 1.82) is 0 Å². The summed E-state index contributed by atoms with van der Waals surface area (Å²) in [6, 6.07) is 3.05. The molecule has 2 aliphatic carbocycles. The van der Waals surface area contributed by atoms with Crippen LogP contribution in [-0.4, -0.2) is 0 Å². The second-order valence-corrected chi connectivity index (χ2v) is 7.31. The molecule has 0 nitrogen and oxygen atoms in total. The van der Waals surface area contributed by atoms with Gasteiger partial charge < -0.3 is 0 Å². The Morgan fingerprint density at radius 1 is 0.952 bits per heavy atom. The van der Waals surface area contributed by atoms with Gasteiger partial charge in [-0.15, -0.1) is 0 Å². The van der Waals surface area contributed by atoms with E-state index >= 15 is 0 Å². The average molecular weight is 292 g/mol. The molecule has 0 aromatic heterocycles. The first-order valence-electron chi connectivity index (χ1n) is 8.59. The Kier molecular flexibility index (Phi) is 4.61. The molecule has 2 heteroatoms. The predicted octanol–water partition coefficient (Wildman–Crippen LogP) is 5.68. The first kappa shape index (κ1) is 15.0. The zero-order chi connectivity index (χ0) is 14.8. The normalized spacial score (nSPS) is 29.2. The molecular weight excluding hydrogens is 266 g/mol. The van der Waals surface area contributed by atoms with Crippen molar-refractivity contribution in [2.24, 2.45) is 17.8 Å². The lowest BCUT2D eigenvalue weighted by Gasteiger charge is -2.29. The minimum absolute atomic E-state index is 0.549. The molecule has 2 aliphatic rings. The number of benzene rings is 1. The fourth-order valence-electron chi connectivity index (χ4n) is 4.17. The zero-order valence-corrected chi connectivity index (χ0v) is 13.0. The van der Waals surface area contributed by atoms with Crippen LogP contribution in [-0.2, 0) is 12.8 Å². The number of rotatable bonds is 3. The summed E-state index contributed by atoms with van der Waals surface area (Å²) in [5, 5.41) is 0. The summed E-state index contributed by atoms with van der Waals surface area (Å²) >= 11 is 0. The summed E-state index contributed by atoms with van der Waals surface area (Å²) in [5.74, 6) is 1.05. The fraction of sp³-hybridized carbons (Fsp3) is 0.684. The Morgan fingerprint density at radius 3 is 2.43 bits per heavy atom. The van der Waals surface area contributed by atoms with E-state index in [-0.39, 0.29) is 0 Å². The third kappa shape index (κ3) is 3.46. The van der Waals surface area contributed by atoms with Gasteiger partial charge in [0.1, 0.15) is 0 Å². The molecule has 0 heterocycles. The van der Waals surface area contributed by atoms with E-state index in [1.807, 2.05) is 0 Å². The molecule has 1 aromatic carbocycles. The Labute approximate surface area is 126 Å². The summed E-state index contributed by atoms with van der Waals surface area (Å²) in [7, 11) is 0. The maximum Gasteiger partial charge on any atom is 0.162 e. The van der Waals surface area contributed by atoms with Gasteiger partial charge in [0.05, 0.1) is 0 Å². The topological polar surface area (TPSA) is 0 Å². The minimum Gasteiger partial charge on any atom is -0.204 e. The molecule has 0 spiro atoms. The third-order valence-corrected chi connectivity index (χ3v) is 5.73. The lowest BCUT2D eigenvalue weighted by molar-refractivity contribution is 0.254. The Balaban J connectivity index is 1.55. The predicted molar refractivity (Wildman–Crippen MR) is 82.2 cm³/mol. The van der Waals surface area contributed by atoms with E-state index in [4.69, 9.17) is 0 Å².